The summed E-state index contributed by atoms with van der Waals surface area (Å²) >= 11 is 5.76. The fourth-order valence-electron chi connectivity index (χ4n) is 1.09. The van der Waals surface area contributed by atoms with E-state index in [1.807, 2.05) is 36.4 Å². The number of pyridine rings is 1. The Morgan fingerprint density at radius 2 is 1.75 bits per heavy atom. The maximum absolute atomic E-state index is 5.76. The van der Waals surface area contributed by atoms with Crippen molar-refractivity contribution in [2.75, 3.05) is 0 Å². The van der Waals surface area contributed by atoms with Crippen molar-refractivity contribution in [3.63, 3.8) is 0 Å². The molecule has 0 aliphatic carbocycles. The zero-order valence-electron chi connectivity index (χ0n) is 6.22. The first-order chi connectivity index (χ1) is 5.36. The topological polar surface area (TPSA) is 14.1 Å². The molecule has 0 bridgehead atoms. The third-order valence-corrected chi connectivity index (χ3v) is 1.84. The minimum atomic E-state index is 0. The fraction of sp³-hybridized carbons (Fsp3) is 0. The molecule has 1 N–H and O–H groups in total. The summed E-state index contributed by atoms with van der Waals surface area (Å²) < 4.78 is 0. The van der Waals surface area contributed by atoms with Gasteiger partial charge in [0.15, 0.2) is 0 Å². The molecule has 0 atom stereocenters. The lowest BCUT2D eigenvalue weighted by molar-refractivity contribution is -0.342. The summed E-state index contributed by atoms with van der Waals surface area (Å²) in [5, 5.41) is 1.85. The van der Waals surface area contributed by atoms with Crippen LogP contribution in [0.5, 0.6) is 0 Å². The van der Waals surface area contributed by atoms with Gasteiger partial charge in [-0.3, -0.25) is 0 Å². The van der Waals surface area contributed by atoms with Gasteiger partial charge in [-0.15, -0.1) is 0 Å². The van der Waals surface area contributed by atoms with E-state index in [4.69, 9.17) is 11.6 Å². The van der Waals surface area contributed by atoms with Gasteiger partial charge in [0.2, 0.25) is 5.52 Å². The van der Waals surface area contributed by atoms with Crippen molar-refractivity contribution in [2.45, 2.75) is 0 Å². The summed E-state index contributed by atoms with van der Waals surface area (Å²) in [6, 6.07) is 11.9. The highest BCUT2D eigenvalue weighted by molar-refractivity contribution is 6.28. The van der Waals surface area contributed by atoms with Gasteiger partial charge in [-0.1, -0.05) is 12.1 Å². The predicted molar refractivity (Wildman–Crippen MR) is 45.5 cm³/mol. The van der Waals surface area contributed by atoms with Crippen molar-refractivity contribution in [1.82, 2.24) is 0 Å². The molecule has 0 aliphatic rings. The van der Waals surface area contributed by atoms with Crippen molar-refractivity contribution < 1.29 is 17.4 Å². The second-order valence-corrected chi connectivity index (χ2v) is 2.80. The fourth-order valence-corrected chi connectivity index (χ4v) is 1.25. The van der Waals surface area contributed by atoms with E-state index in [1.54, 1.807) is 0 Å². The van der Waals surface area contributed by atoms with Crippen LogP contribution in [0.25, 0.3) is 10.9 Å². The first-order valence-electron chi connectivity index (χ1n) is 3.43. The predicted octanol–water partition coefficient (Wildman–Crippen LogP) is -0.689. The summed E-state index contributed by atoms with van der Waals surface area (Å²) in [5.74, 6) is 0. The summed E-state index contributed by atoms with van der Waals surface area (Å²) in [7, 11) is 0. The van der Waals surface area contributed by atoms with Crippen LogP contribution in [0.1, 0.15) is 0 Å². The largest absolute Gasteiger partial charge is 1.00 e. The molecular formula is C9H7Cl2N. The Labute approximate surface area is 81.8 Å². The van der Waals surface area contributed by atoms with Crippen LogP contribution >= 0.6 is 11.6 Å². The number of benzene rings is 1. The number of aromatic amines is 1. The number of hydrogen-bond acceptors (Lipinski definition) is 0. The van der Waals surface area contributed by atoms with Crippen LogP contribution in [-0.4, -0.2) is 0 Å². The van der Waals surface area contributed by atoms with Gasteiger partial charge >= 0.3 is 0 Å². The summed E-state index contributed by atoms with van der Waals surface area (Å²) in [5.41, 5.74) is 1.07. The van der Waals surface area contributed by atoms with Crippen molar-refractivity contribution >= 4 is 22.5 Å². The van der Waals surface area contributed by atoms with Gasteiger partial charge < -0.3 is 12.4 Å². The maximum Gasteiger partial charge on any atom is 0.273 e. The molecule has 1 nitrogen and oxygen atoms in total. The third kappa shape index (κ3) is 1.68. The number of fused-ring (bicyclic) bond motifs is 1. The van der Waals surface area contributed by atoms with Crippen LogP contribution in [0.3, 0.4) is 0 Å². The highest BCUT2D eigenvalue weighted by Gasteiger charge is 1.99. The lowest BCUT2D eigenvalue weighted by Crippen LogP contribution is -3.00. The summed E-state index contributed by atoms with van der Waals surface area (Å²) in [6.07, 6.45) is 0. The lowest BCUT2D eigenvalue weighted by atomic mass is 10.2. The third-order valence-electron chi connectivity index (χ3n) is 1.62. The summed E-state index contributed by atoms with van der Waals surface area (Å²) in [6.45, 7) is 0. The van der Waals surface area contributed by atoms with E-state index in [0.717, 1.165) is 5.52 Å². The molecule has 0 fully saturated rings. The molecule has 1 aromatic carbocycles. The van der Waals surface area contributed by atoms with Crippen LogP contribution in [0.15, 0.2) is 36.4 Å². The van der Waals surface area contributed by atoms with Gasteiger partial charge in [0.1, 0.15) is 0 Å². The van der Waals surface area contributed by atoms with Crippen LogP contribution in [0.2, 0.25) is 5.15 Å². The highest BCUT2D eigenvalue weighted by Crippen LogP contribution is 2.09. The second-order valence-electron chi connectivity index (χ2n) is 2.39. The molecular weight excluding hydrogens is 193 g/mol. The molecule has 1 aromatic heterocycles. The Bertz CT molecular complexity index is 387. The lowest BCUT2D eigenvalue weighted by Gasteiger charge is -1.88. The van der Waals surface area contributed by atoms with Gasteiger partial charge in [-0.2, -0.15) is 4.98 Å². The zero-order valence-corrected chi connectivity index (χ0v) is 7.73. The van der Waals surface area contributed by atoms with E-state index < -0.39 is 0 Å². The summed E-state index contributed by atoms with van der Waals surface area (Å²) in [4.78, 5) is 3.06. The Hall–Kier alpha value is -0.790. The Morgan fingerprint density at radius 3 is 2.58 bits per heavy atom. The van der Waals surface area contributed by atoms with Gasteiger partial charge in [0.25, 0.3) is 5.15 Å². The first kappa shape index (κ1) is 9.30. The van der Waals surface area contributed by atoms with E-state index in [2.05, 4.69) is 4.98 Å². The minimum Gasteiger partial charge on any atom is -1.00 e. The van der Waals surface area contributed by atoms with Gasteiger partial charge in [-0.25, -0.2) is 0 Å². The molecule has 1 heterocycles. The normalized spacial score (nSPS) is 9.42. The van der Waals surface area contributed by atoms with Crippen LogP contribution < -0.4 is 17.4 Å². The van der Waals surface area contributed by atoms with Crippen LogP contribution in [0, 0.1) is 0 Å². The minimum absolute atomic E-state index is 0. The Morgan fingerprint density at radius 1 is 1.00 bits per heavy atom. The number of halogens is 2. The molecule has 62 valence electrons. The zero-order chi connectivity index (χ0) is 7.68. The van der Waals surface area contributed by atoms with E-state index in [1.165, 1.54) is 5.39 Å². The number of hydrogen-bond donors (Lipinski definition) is 0. The molecule has 2 aromatic rings. The van der Waals surface area contributed by atoms with E-state index in [-0.39, 0.29) is 12.4 Å². The van der Waals surface area contributed by atoms with Gasteiger partial charge in [-0.05, 0) is 23.7 Å². The van der Waals surface area contributed by atoms with E-state index in [9.17, 15) is 0 Å². The number of nitrogens with one attached hydrogen (secondary N) is 1. The molecule has 2 rings (SSSR count). The van der Waals surface area contributed by atoms with Crippen LogP contribution in [-0.2, 0) is 0 Å². The standard InChI is InChI=1S/C9H6ClN.ClH/c10-9-6-5-7-3-1-2-4-8(7)11-9;/h1-6H;1H. The molecule has 0 unspecified atom stereocenters. The monoisotopic (exact) mass is 199 g/mol. The number of para-hydroxylation sites is 1. The second kappa shape index (κ2) is 3.74. The van der Waals surface area contributed by atoms with Crippen molar-refractivity contribution in [3.8, 4) is 0 Å². The van der Waals surface area contributed by atoms with Crippen molar-refractivity contribution in [1.29, 1.82) is 0 Å². The van der Waals surface area contributed by atoms with Gasteiger partial charge in [0, 0.05) is 17.5 Å². The average molecular weight is 200 g/mol. The Balaban J connectivity index is 0.000000720. The molecule has 0 spiro atoms. The molecule has 0 radical (unpaired) electrons. The molecule has 3 heteroatoms. The maximum atomic E-state index is 5.76. The van der Waals surface area contributed by atoms with Crippen molar-refractivity contribution in [2.24, 2.45) is 0 Å². The average Bonchev–Trinajstić information content (AvgIpc) is 2.04. The molecule has 0 aliphatic heterocycles. The smallest absolute Gasteiger partial charge is 0.273 e. The van der Waals surface area contributed by atoms with Crippen molar-refractivity contribution in [3.05, 3.63) is 41.6 Å². The molecule has 0 saturated heterocycles. The number of rotatable bonds is 0. The SMILES string of the molecule is Clc1ccc2ccccc2[nH+]1.[Cl-]. The number of H-pyrrole nitrogens is 1. The molecule has 12 heavy (non-hydrogen) atoms. The van der Waals surface area contributed by atoms with Gasteiger partial charge in [0.05, 0.1) is 0 Å². The first-order valence-corrected chi connectivity index (χ1v) is 3.80. The molecule has 0 amide bonds. The van der Waals surface area contributed by atoms with E-state index in [0.29, 0.717) is 5.15 Å². The Kier molecular flexibility index (Phi) is 2.90. The van der Waals surface area contributed by atoms with Crippen LogP contribution in [0.4, 0.5) is 0 Å². The highest BCUT2D eigenvalue weighted by atomic mass is 35.5. The molecule has 0 saturated carbocycles. The number of aromatic nitrogens is 1. The van der Waals surface area contributed by atoms with E-state index >= 15 is 0 Å². The quantitative estimate of drug-likeness (QED) is 0.500.